The third-order valence-electron chi connectivity index (χ3n) is 3.29. The molecular weight excluding hydrogens is 228 g/mol. The van der Waals surface area contributed by atoms with Crippen LogP contribution in [0.5, 0.6) is 0 Å². The lowest BCUT2D eigenvalue weighted by Gasteiger charge is -2.26. The SMILES string of the molecule is Cc1ccccc1CC1CNc2cscc2N1. The highest BCUT2D eigenvalue weighted by atomic mass is 32.1. The number of thiophene rings is 1. The fraction of sp³-hybridized carbons (Fsp3) is 0.286. The van der Waals surface area contributed by atoms with E-state index >= 15 is 0 Å². The number of aryl methyl sites for hydroxylation is 1. The van der Waals surface area contributed by atoms with E-state index in [1.807, 2.05) is 0 Å². The van der Waals surface area contributed by atoms with Crippen LogP contribution in [0, 0.1) is 6.92 Å². The van der Waals surface area contributed by atoms with E-state index in [2.05, 4.69) is 52.6 Å². The van der Waals surface area contributed by atoms with Gasteiger partial charge in [-0.1, -0.05) is 24.3 Å². The molecule has 0 saturated heterocycles. The van der Waals surface area contributed by atoms with E-state index in [1.54, 1.807) is 11.3 Å². The molecule has 0 bridgehead atoms. The highest BCUT2D eigenvalue weighted by Crippen LogP contribution is 2.30. The van der Waals surface area contributed by atoms with Crippen LogP contribution in [0.3, 0.4) is 0 Å². The maximum atomic E-state index is 3.60. The Morgan fingerprint density at radius 3 is 2.94 bits per heavy atom. The first kappa shape index (κ1) is 10.7. The van der Waals surface area contributed by atoms with Crippen LogP contribution in [0.15, 0.2) is 35.0 Å². The Morgan fingerprint density at radius 1 is 1.24 bits per heavy atom. The molecule has 17 heavy (non-hydrogen) atoms. The highest BCUT2D eigenvalue weighted by Gasteiger charge is 2.18. The number of benzene rings is 1. The Hall–Kier alpha value is -1.48. The van der Waals surface area contributed by atoms with Gasteiger partial charge in [-0.3, -0.25) is 0 Å². The molecule has 1 unspecified atom stereocenters. The van der Waals surface area contributed by atoms with Crippen LogP contribution in [0.25, 0.3) is 0 Å². The van der Waals surface area contributed by atoms with Crippen molar-refractivity contribution in [2.24, 2.45) is 0 Å². The van der Waals surface area contributed by atoms with Gasteiger partial charge < -0.3 is 10.6 Å². The minimum Gasteiger partial charge on any atom is -0.381 e. The molecule has 1 aromatic heterocycles. The summed E-state index contributed by atoms with van der Waals surface area (Å²) < 4.78 is 0. The average Bonchev–Trinajstić information content (AvgIpc) is 2.79. The molecule has 2 N–H and O–H groups in total. The van der Waals surface area contributed by atoms with Gasteiger partial charge in [-0.2, -0.15) is 0 Å². The molecule has 1 atom stereocenters. The second-order valence-corrected chi connectivity index (χ2v) is 5.30. The molecule has 2 heterocycles. The van der Waals surface area contributed by atoms with E-state index in [4.69, 9.17) is 0 Å². The lowest BCUT2D eigenvalue weighted by Crippen LogP contribution is -2.34. The van der Waals surface area contributed by atoms with Crippen LogP contribution in [0.4, 0.5) is 11.4 Å². The molecule has 2 aromatic rings. The summed E-state index contributed by atoms with van der Waals surface area (Å²) in [6.07, 6.45) is 1.08. The van der Waals surface area contributed by atoms with Crippen molar-refractivity contribution in [2.45, 2.75) is 19.4 Å². The van der Waals surface area contributed by atoms with Crippen molar-refractivity contribution in [3.63, 3.8) is 0 Å². The van der Waals surface area contributed by atoms with Crippen LogP contribution in [-0.2, 0) is 6.42 Å². The molecule has 1 aliphatic heterocycles. The van der Waals surface area contributed by atoms with Gasteiger partial charge in [0.15, 0.2) is 0 Å². The van der Waals surface area contributed by atoms with Crippen molar-refractivity contribution in [2.75, 3.05) is 17.2 Å². The van der Waals surface area contributed by atoms with Crippen LogP contribution < -0.4 is 10.6 Å². The zero-order valence-electron chi connectivity index (χ0n) is 9.86. The highest BCUT2D eigenvalue weighted by molar-refractivity contribution is 7.09. The summed E-state index contributed by atoms with van der Waals surface area (Å²) in [6.45, 7) is 3.18. The van der Waals surface area contributed by atoms with Crippen molar-refractivity contribution < 1.29 is 0 Å². The molecule has 0 aliphatic carbocycles. The summed E-state index contributed by atoms with van der Waals surface area (Å²) in [7, 11) is 0. The lowest BCUT2D eigenvalue weighted by molar-refractivity contribution is 0.733. The van der Waals surface area contributed by atoms with Crippen molar-refractivity contribution >= 4 is 22.7 Å². The molecule has 1 aliphatic rings. The monoisotopic (exact) mass is 244 g/mol. The molecule has 88 valence electrons. The van der Waals surface area contributed by atoms with Crippen LogP contribution in [0.2, 0.25) is 0 Å². The smallest absolute Gasteiger partial charge is 0.0687 e. The number of hydrogen-bond acceptors (Lipinski definition) is 3. The van der Waals surface area contributed by atoms with E-state index in [0.29, 0.717) is 6.04 Å². The van der Waals surface area contributed by atoms with Gasteiger partial charge >= 0.3 is 0 Å². The molecule has 3 rings (SSSR count). The third kappa shape index (κ3) is 2.15. The van der Waals surface area contributed by atoms with E-state index in [1.165, 1.54) is 22.5 Å². The maximum Gasteiger partial charge on any atom is 0.0687 e. The summed E-state index contributed by atoms with van der Waals surface area (Å²) in [6, 6.07) is 9.11. The van der Waals surface area contributed by atoms with Gasteiger partial charge in [0.1, 0.15) is 0 Å². The van der Waals surface area contributed by atoms with Gasteiger partial charge in [-0.15, -0.1) is 11.3 Å². The van der Waals surface area contributed by atoms with Crippen molar-refractivity contribution in [3.05, 3.63) is 46.2 Å². The summed E-state index contributed by atoms with van der Waals surface area (Å²) in [4.78, 5) is 0. The number of rotatable bonds is 2. The van der Waals surface area contributed by atoms with Crippen molar-refractivity contribution in [3.8, 4) is 0 Å². The molecule has 1 aromatic carbocycles. The molecule has 0 spiro atoms. The lowest BCUT2D eigenvalue weighted by atomic mass is 10.00. The van der Waals surface area contributed by atoms with Gasteiger partial charge in [0.05, 0.1) is 11.4 Å². The van der Waals surface area contributed by atoms with Gasteiger partial charge in [0.25, 0.3) is 0 Å². The zero-order chi connectivity index (χ0) is 11.7. The van der Waals surface area contributed by atoms with E-state index in [-0.39, 0.29) is 0 Å². The summed E-state index contributed by atoms with van der Waals surface area (Å²) in [5, 5.41) is 11.4. The predicted octanol–water partition coefficient (Wildman–Crippen LogP) is 3.51. The fourth-order valence-electron chi connectivity index (χ4n) is 2.28. The number of nitrogens with one attached hydrogen (secondary N) is 2. The first-order valence-corrected chi connectivity index (χ1v) is 6.88. The normalized spacial score (nSPS) is 18.1. The topological polar surface area (TPSA) is 24.1 Å². The Morgan fingerprint density at radius 2 is 2.06 bits per heavy atom. The standard InChI is InChI=1S/C14H16N2S/c1-10-4-2-3-5-11(10)6-12-7-15-13-8-17-9-14(13)16-12/h2-5,8-9,12,15-16H,6-7H2,1H3. The summed E-state index contributed by atoms with van der Waals surface area (Å²) >= 11 is 1.74. The number of hydrogen-bond donors (Lipinski definition) is 2. The second kappa shape index (κ2) is 4.41. The quantitative estimate of drug-likeness (QED) is 0.845. The first-order valence-electron chi connectivity index (χ1n) is 5.94. The van der Waals surface area contributed by atoms with Crippen LogP contribution >= 0.6 is 11.3 Å². The van der Waals surface area contributed by atoms with Gasteiger partial charge in [-0.05, 0) is 24.5 Å². The second-order valence-electron chi connectivity index (χ2n) is 4.55. The van der Waals surface area contributed by atoms with Crippen molar-refractivity contribution in [1.82, 2.24) is 0 Å². The molecule has 0 amide bonds. The average molecular weight is 244 g/mol. The van der Waals surface area contributed by atoms with Gasteiger partial charge in [-0.25, -0.2) is 0 Å². The van der Waals surface area contributed by atoms with E-state index < -0.39 is 0 Å². The molecule has 0 radical (unpaired) electrons. The van der Waals surface area contributed by atoms with Gasteiger partial charge in [0.2, 0.25) is 0 Å². The van der Waals surface area contributed by atoms with Gasteiger partial charge in [0, 0.05) is 23.3 Å². The molecule has 2 nitrogen and oxygen atoms in total. The fourth-order valence-corrected chi connectivity index (χ4v) is 3.02. The molecule has 3 heteroatoms. The predicted molar refractivity (Wildman–Crippen MR) is 75.1 cm³/mol. The number of anilines is 2. The largest absolute Gasteiger partial charge is 0.381 e. The number of fused-ring (bicyclic) bond motifs is 1. The third-order valence-corrected chi connectivity index (χ3v) is 4.03. The Bertz CT molecular complexity index is 518. The van der Waals surface area contributed by atoms with Crippen LogP contribution in [-0.4, -0.2) is 12.6 Å². The summed E-state index contributed by atoms with van der Waals surface area (Å²) in [5.74, 6) is 0. The first-order chi connectivity index (χ1) is 8.33. The molecule has 0 fully saturated rings. The molecular formula is C14H16N2S. The zero-order valence-corrected chi connectivity index (χ0v) is 10.7. The summed E-state index contributed by atoms with van der Waals surface area (Å²) in [5.41, 5.74) is 5.31. The minimum atomic E-state index is 0.484. The molecule has 0 saturated carbocycles. The van der Waals surface area contributed by atoms with Crippen LogP contribution in [0.1, 0.15) is 11.1 Å². The van der Waals surface area contributed by atoms with E-state index in [9.17, 15) is 0 Å². The maximum absolute atomic E-state index is 3.60. The Labute approximate surface area is 106 Å². The van der Waals surface area contributed by atoms with Crippen molar-refractivity contribution in [1.29, 1.82) is 0 Å². The Kier molecular flexibility index (Phi) is 2.77. The minimum absolute atomic E-state index is 0.484. The Balaban J connectivity index is 1.74. The van der Waals surface area contributed by atoms with E-state index in [0.717, 1.165) is 13.0 Å².